The molecule has 23 heteroatoms. The number of aromatic nitrogens is 2. The summed E-state index contributed by atoms with van der Waals surface area (Å²) >= 11 is 0. The van der Waals surface area contributed by atoms with Crippen molar-refractivity contribution in [3.05, 3.63) is 48.0 Å². The number of phenols is 1. The van der Waals surface area contributed by atoms with Gasteiger partial charge in [0, 0.05) is 37.8 Å². The second-order valence-electron chi connectivity index (χ2n) is 15.5. The van der Waals surface area contributed by atoms with Crippen molar-refractivity contribution in [2.75, 3.05) is 19.7 Å². The lowest BCUT2D eigenvalue weighted by molar-refractivity contribution is -0.143. The van der Waals surface area contributed by atoms with E-state index < -0.39 is 96.4 Å². The van der Waals surface area contributed by atoms with Crippen LogP contribution in [0.4, 0.5) is 0 Å². The SMILES string of the molecule is CC(C)C[C@H](NC(=O)[C@@H](NC(=O)[C@@H](N)CCCN=C(N)N)[C@@H](C)O)C(=O)N1CCC[C@H]1C(=O)N[C@@H](Cc1cnc[nH]1)C(=O)N[C@@H](CO)C(=O)N[C@@H](Cc1ccc(O)cc1)C(=O)O. The zero-order valence-corrected chi connectivity index (χ0v) is 35.0. The number of nitrogens with one attached hydrogen (secondary N) is 6. The van der Waals surface area contributed by atoms with Crippen LogP contribution >= 0.6 is 0 Å². The topological polar surface area (TPSA) is 383 Å². The zero-order valence-electron chi connectivity index (χ0n) is 35.0. The van der Waals surface area contributed by atoms with Gasteiger partial charge in [0.25, 0.3) is 0 Å². The molecule has 342 valence electrons. The Hall–Kier alpha value is -6.33. The lowest BCUT2D eigenvalue weighted by atomic mass is 10.0. The predicted octanol–water partition coefficient (Wildman–Crippen LogP) is -3.80. The number of benzene rings is 1. The third kappa shape index (κ3) is 15.6. The highest BCUT2D eigenvalue weighted by Gasteiger charge is 2.40. The van der Waals surface area contributed by atoms with Crippen molar-refractivity contribution in [2.45, 2.75) is 114 Å². The average Bonchev–Trinajstić information content (AvgIpc) is 3.92. The van der Waals surface area contributed by atoms with Crippen molar-refractivity contribution in [3.8, 4) is 5.75 Å². The van der Waals surface area contributed by atoms with Crippen LogP contribution in [0.3, 0.4) is 0 Å². The summed E-state index contributed by atoms with van der Waals surface area (Å²) in [5, 5.41) is 52.3. The second kappa shape index (κ2) is 24.2. The number of carbonyl (C=O) groups excluding carboxylic acids is 6. The Labute approximate surface area is 358 Å². The molecule has 0 bridgehead atoms. The van der Waals surface area contributed by atoms with Gasteiger partial charge < -0.3 is 74.1 Å². The largest absolute Gasteiger partial charge is 0.508 e. The average molecular weight is 873 g/mol. The molecule has 62 heavy (non-hydrogen) atoms. The van der Waals surface area contributed by atoms with Gasteiger partial charge in [0.05, 0.1) is 25.1 Å². The number of guanidine groups is 1. The number of carboxylic acid groups (broad SMARTS) is 1. The van der Waals surface area contributed by atoms with Gasteiger partial charge in [0.1, 0.15) is 42.0 Å². The van der Waals surface area contributed by atoms with Gasteiger partial charge in [-0.15, -0.1) is 0 Å². The van der Waals surface area contributed by atoms with Gasteiger partial charge in [-0.05, 0) is 62.6 Å². The second-order valence-corrected chi connectivity index (χ2v) is 15.5. The summed E-state index contributed by atoms with van der Waals surface area (Å²) in [5.41, 5.74) is 17.5. The summed E-state index contributed by atoms with van der Waals surface area (Å²) in [4.78, 5) is 105. The quantitative estimate of drug-likeness (QED) is 0.0273. The first-order chi connectivity index (χ1) is 29.3. The Bertz CT molecular complexity index is 1860. The monoisotopic (exact) mass is 872 g/mol. The number of phenolic OH excluding ortho intramolecular Hbond substituents is 1. The number of hydrogen-bond acceptors (Lipinski definition) is 13. The molecule has 0 saturated carbocycles. The minimum absolute atomic E-state index is 0.0435. The fourth-order valence-corrected chi connectivity index (χ4v) is 6.67. The minimum Gasteiger partial charge on any atom is -0.508 e. The van der Waals surface area contributed by atoms with Crippen molar-refractivity contribution >= 4 is 47.4 Å². The summed E-state index contributed by atoms with van der Waals surface area (Å²) in [6.45, 7) is 4.31. The van der Waals surface area contributed by atoms with E-state index in [4.69, 9.17) is 17.2 Å². The highest BCUT2D eigenvalue weighted by Crippen LogP contribution is 2.21. The predicted molar refractivity (Wildman–Crippen MR) is 222 cm³/mol. The number of aliphatic hydroxyl groups excluding tert-OH is 2. The number of nitrogens with two attached hydrogens (primary N) is 3. The van der Waals surface area contributed by atoms with Crippen molar-refractivity contribution in [2.24, 2.45) is 28.1 Å². The van der Waals surface area contributed by atoms with Gasteiger partial charge in [-0.1, -0.05) is 26.0 Å². The van der Waals surface area contributed by atoms with Crippen molar-refractivity contribution in [1.29, 1.82) is 0 Å². The molecule has 6 amide bonds. The minimum atomic E-state index is -1.64. The molecule has 0 radical (unpaired) electrons. The fraction of sp³-hybridized carbons (Fsp3) is 0.564. The molecular formula is C39H60N12O11. The number of aliphatic imine (C=N–C) groups is 1. The first kappa shape index (κ1) is 50.0. The molecule has 1 aromatic heterocycles. The van der Waals surface area contributed by atoms with E-state index in [2.05, 4.69) is 41.5 Å². The number of H-pyrrole nitrogens is 1. The molecular weight excluding hydrogens is 813 g/mol. The van der Waals surface area contributed by atoms with E-state index in [0.29, 0.717) is 24.1 Å². The van der Waals surface area contributed by atoms with Crippen LogP contribution in [-0.4, -0.2) is 151 Å². The van der Waals surface area contributed by atoms with Crippen LogP contribution in [0.5, 0.6) is 5.75 Å². The molecule has 2 heterocycles. The van der Waals surface area contributed by atoms with Crippen LogP contribution in [0.25, 0.3) is 0 Å². The molecule has 0 unspecified atom stereocenters. The van der Waals surface area contributed by atoms with Crippen molar-refractivity contribution in [3.63, 3.8) is 0 Å². The van der Waals surface area contributed by atoms with E-state index in [-0.39, 0.29) is 62.8 Å². The third-order valence-electron chi connectivity index (χ3n) is 9.95. The van der Waals surface area contributed by atoms with Gasteiger partial charge >= 0.3 is 5.97 Å². The number of nitrogens with zero attached hydrogens (tertiary/aromatic N) is 3. The van der Waals surface area contributed by atoms with Crippen LogP contribution in [0.1, 0.15) is 64.1 Å². The molecule has 0 aliphatic carbocycles. The standard InChI is InChI=1S/C39H60N12O11/c1-20(2)14-27(47-36(59)31(21(3)53)50-32(55)25(40)6-4-12-44-39(41)42)37(60)51-13-5-7-30(51)35(58)46-26(16-23-17-43-19-45-23)33(56)49-29(18-52)34(57)48-28(38(61)62)15-22-8-10-24(54)11-9-22/h8-11,17,19-21,25-31,52-54H,4-7,12-16,18,40H2,1-3H3,(H,43,45)(H,46,58)(H,47,59)(H,48,57)(H,49,56)(H,50,55)(H,61,62)(H4,41,42,44)/t21-,25+,26+,27+,28+,29+,30+,31+/m1/s1. The lowest BCUT2D eigenvalue weighted by Crippen LogP contribution is -2.61. The number of hydrogen-bond donors (Lipinski definition) is 13. The molecule has 8 atom stereocenters. The number of aromatic hydroxyl groups is 1. The van der Waals surface area contributed by atoms with Gasteiger partial charge in [-0.25, -0.2) is 9.78 Å². The Morgan fingerprint density at radius 3 is 2.11 bits per heavy atom. The molecule has 1 aliphatic rings. The maximum atomic E-state index is 14.2. The summed E-state index contributed by atoms with van der Waals surface area (Å²) < 4.78 is 0. The molecule has 1 aromatic carbocycles. The van der Waals surface area contributed by atoms with Gasteiger partial charge in [0.15, 0.2) is 5.96 Å². The Kier molecular flexibility index (Phi) is 19.5. The van der Waals surface area contributed by atoms with Gasteiger partial charge in [-0.2, -0.15) is 0 Å². The number of carbonyl (C=O) groups is 7. The number of rotatable bonds is 24. The molecule has 1 saturated heterocycles. The number of aliphatic hydroxyl groups is 2. The van der Waals surface area contributed by atoms with Crippen LogP contribution in [0.2, 0.25) is 0 Å². The normalized spacial score (nSPS) is 17.0. The molecule has 1 aliphatic heterocycles. The Morgan fingerprint density at radius 2 is 1.53 bits per heavy atom. The van der Waals surface area contributed by atoms with Crippen LogP contribution < -0.4 is 43.8 Å². The van der Waals surface area contributed by atoms with Crippen molar-refractivity contribution < 1.29 is 54.0 Å². The summed E-state index contributed by atoms with van der Waals surface area (Å²) in [6, 6.07) is -3.72. The van der Waals surface area contributed by atoms with E-state index in [1.54, 1.807) is 0 Å². The maximum Gasteiger partial charge on any atom is 0.326 e. The van der Waals surface area contributed by atoms with E-state index in [1.165, 1.54) is 48.6 Å². The summed E-state index contributed by atoms with van der Waals surface area (Å²) in [6.07, 6.45) is 2.22. The summed E-state index contributed by atoms with van der Waals surface area (Å²) in [5.74, 6) is -6.60. The van der Waals surface area contributed by atoms with E-state index in [1.807, 2.05) is 13.8 Å². The molecule has 3 rings (SSSR count). The number of carboxylic acids is 1. The first-order valence-corrected chi connectivity index (χ1v) is 20.2. The smallest absolute Gasteiger partial charge is 0.326 e. The third-order valence-corrected chi connectivity index (χ3v) is 9.95. The molecule has 23 nitrogen and oxygen atoms in total. The number of aromatic amines is 1. The number of amides is 6. The first-order valence-electron chi connectivity index (χ1n) is 20.2. The lowest BCUT2D eigenvalue weighted by Gasteiger charge is -2.32. The number of likely N-dealkylation sites (tertiary alicyclic amines) is 1. The molecule has 1 fully saturated rings. The van der Waals surface area contributed by atoms with Crippen LogP contribution in [-0.2, 0) is 46.4 Å². The van der Waals surface area contributed by atoms with Gasteiger partial charge in [0.2, 0.25) is 35.4 Å². The van der Waals surface area contributed by atoms with E-state index in [9.17, 15) is 54.0 Å². The molecule has 2 aromatic rings. The van der Waals surface area contributed by atoms with Crippen LogP contribution in [0.15, 0.2) is 41.8 Å². The molecule has 16 N–H and O–H groups in total. The van der Waals surface area contributed by atoms with Crippen molar-refractivity contribution in [1.82, 2.24) is 41.5 Å². The Balaban J connectivity index is 1.74. The number of aliphatic carboxylic acids is 1. The Morgan fingerprint density at radius 1 is 0.887 bits per heavy atom. The maximum absolute atomic E-state index is 14.2. The number of imidazole rings is 1. The zero-order chi connectivity index (χ0) is 46.1. The van der Waals surface area contributed by atoms with Gasteiger partial charge in [-0.3, -0.25) is 33.8 Å². The van der Waals surface area contributed by atoms with E-state index >= 15 is 0 Å². The fourth-order valence-electron chi connectivity index (χ4n) is 6.67. The molecule has 0 spiro atoms. The van der Waals surface area contributed by atoms with E-state index in [0.717, 1.165) is 0 Å². The highest BCUT2D eigenvalue weighted by molar-refractivity contribution is 5.97. The van der Waals surface area contributed by atoms with Crippen LogP contribution in [0, 0.1) is 5.92 Å². The highest BCUT2D eigenvalue weighted by atomic mass is 16.4. The summed E-state index contributed by atoms with van der Waals surface area (Å²) in [7, 11) is 0.